The monoisotopic (exact) mass is 712 g/mol. The maximum Gasteiger partial charge on any atom is 0.183 e. The first-order chi connectivity index (χ1) is 5.57. The number of hydrogen-bond donors (Lipinski definition) is 4. The van der Waals surface area contributed by atoms with Gasteiger partial charge in [0.2, 0.25) is 0 Å². The van der Waals surface area contributed by atoms with Crippen LogP contribution in [0, 0.1) is 5.92 Å². The van der Waals surface area contributed by atoms with Crippen molar-refractivity contribution in [3.63, 3.8) is 0 Å². The summed E-state index contributed by atoms with van der Waals surface area (Å²) >= 11 is 0. The molecule has 0 aliphatic carbocycles. The molecule has 1 saturated heterocycles. The Hall–Kier alpha value is 6.42. The third-order valence-corrected chi connectivity index (χ3v) is 2.26. The minimum Gasteiger partial charge on any atom is -0.394 e. The predicted octanol–water partition coefficient (Wildman–Crippen LogP) is -1.96. The molecule has 0 aromatic carbocycles. The summed E-state index contributed by atoms with van der Waals surface area (Å²) in [6, 6.07) is 0. The number of hydrogen-bond acceptors (Lipinski definition) is 5. The van der Waals surface area contributed by atoms with Crippen molar-refractivity contribution >= 4 is 0 Å². The molecule has 1 aliphatic rings. The van der Waals surface area contributed by atoms with Crippen molar-refractivity contribution in [1.82, 2.24) is 0 Å². The standard InChI is InChI=1S/C7H14O5.6Y/c1-3-4(2-8)12-7(11)6(10)5(3)9;;;;;;/h3-11H,2H2,1H3;;;;;;/t3-,4?,5?,6?,7+;;;;;;/m1....../s1. The van der Waals surface area contributed by atoms with E-state index in [2.05, 4.69) is 0 Å². The molecule has 0 bridgehead atoms. The Morgan fingerprint density at radius 2 is 1.22 bits per heavy atom. The molecule has 6 radical (unpaired) electrons. The van der Waals surface area contributed by atoms with Crippen molar-refractivity contribution < 1.29 is 221 Å². The van der Waals surface area contributed by atoms with Crippen LogP contribution in [0.2, 0.25) is 0 Å². The summed E-state index contributed by atoms with van der Waals surface area (Å²) in [5.41, 5.74) is 0. The molecule has 0 amide bonds. The van der Waals surface area contributed by atoms with Crippen molar-refractivity contribution in [2.45, 2.75) is 31.5 Å². The van der Waals surface area contributed by atoms with E-state index in [9.17, 15) is 5.11 Å². The van der Waals surface area contributed by atoms with Gasteiger partial charge in [-0.1, -0.05) is 6.92 Å². The van der Waals surface area contributed by atoms with Crippen LogP contribution in [0.4, 0.5) is 0 Å². The first-order valence-corrected chi connectivity index (χ1v) is 3.88. The Balaban J connectivity index is -0.0000000600. The third kappa shape index (κ3) is 12.7. The van der Waals surface area contributed by atoms with Crippen LogP contribution >= 0.6 is 0 Å². The summed E-state index contributed by atoms with van der Waals surface area (Å²) in [6.45, 7) is 1.36. The van der Waals surface area contributed by atoms with Gasteiger partial charge in [-0.25, -0.2) is 0 Å². The minimum atomic E-state index is -1.41. The first-order valence-electron chi connectivity index (χ1n) is 3.88. The van der Waals surface area contributed by atoms with Crippen molar-refractivity contribution in [1.29, 1.82) is 0 Å². The summed E-state index contributed by atoms with van der Waals surface area (Å²) in [5.74, 6) is -0.381. The Morgan fingerprint density at radius 3 is 1.56 bits per heavy atom. The SMILES string of the molecule is C[C@@H]1C(CO)O[C@H](O)C(O)C1O.[Y].[Y].[Y].[Y].[Y].[Y]. The van der Waals surface area contributed by atoms with Gasteiger partial charge in [0.25, 0.3) is 0 Å². The van der Waals surface area contributed by atoms with Crippen LogP contribution in [-0.4, -0.2) is 51.6 Å². The van der Waals surface area contributed by atoms with Gasteiger partial charge in [0.1, 0.15) is 6.10 Å². The molecule has 4 N–H and O–H groups in total. The zero-order valence-corrected chi connectivity index (χ0v) is 27.3. The van der Waals surface area contributed by atoms with Crippen LogP contribution in [0.15, 0.2) is 0 Å². The van der Waals surface area contributed by atoms with Crippen LogP contribution < -0.4 is 0 Å². The fourth-order valence-corrected chi connectivity index (χ4v) is 1.29. The maximum atomic E-state index is 9.32. The van der Waals surface area contributed by atoms with E-state index in [0.29, 0.717) is 0 Å². The van der Waals surface area contributed by atoms with Crippen LogP contribution in [0.5, 0.6) is 0 Å². The molecule has 90 valence electrons. The largest absolute Gasteiger partial charge is 0.394 e. The quantitative estimate of drug-likeness (QED) is 0.254. The van der Waals surface area contributed by atoms with E-state index in [4.69, 9.17) is 20.1 Å². The van der Waals surface area contributed by atoms with E-state index in [1.807, 2.05) is 0 Å². The maximum absolute atomic E-state index is 9.32. The Labute approximate surface area is 259 Å². The van der Waals surface area contributed by atoms with Gasteiger partial charge in [-0.15, -0.1) is 0 Å². The third-order valence-electron chi connectivity index (χ3n) is 2.26. The van der Waals surface area contributed by atoms with Gasteiger partial charge in [-0.3, -0.25) is 0 Å². The van der Waals surface area contributed by atoms with Gasteiger partial charge in [-0.05, 0) is 0 Å². The van der Waals surface area contributed by atoms with Crippen LogP contribution in [0.3, 0.4) is 0 Å². The number of rotatable bonds is 1. The number of aliphatic hydroxyl groups is 4. The van der Waals surface area contributed by atoms with E-state index < -0.39 is 24.6 Å². The van der Waals surface area contributed by atoms with Crippen molar-refractivity contribution in [3.8, 4) is 0 Å². The second kappa shape index (κ2) is 21.5. The molecule has 1 fully saturated rings. The Morgan fingerprint density at radius 1 is 0.833 bits per heavy atom. The van der Waals surface area contributed by atoms with E-state index in [1.165, 1.54) is 0 Å². The molecule has 0 spiro atoms. The molecule has 1 rings (SSSR count). The Bertz CT molecular complexity index is 163. The molecule has 11 heteroatoms. The summed E-state index contributed by atoms with van der Waals surface area (Å²) in [5, 5.41) is 36.2. The second-order valence-corrected chi connectivity index (χ2v) is 3.09. The van der Waals surface area contributed by atoms with E-state index in [0.717, 1.165) is 0 Å². The van der Waals surface area contributed by atoms with Crippen molar-refractivity contribution in [3.05, 3.63) is 0 Å². The molecule has 3 unspecified atom stereocenters. The summed E-state index contributed by atoms with van der Waals surface area (Å²) in [4.78, 5) is 0. The first kappa shape index (κ1) is 39.5. The van der Waals surface area contributed by atoms with Gasteiger partial charge >= 0.3 is 0 Å². The van der Waals surface area contributed by atoms with Gasteiger partial charge < -0.3 is 25.2 Å². The molecule has 1 heterocycles. The van der Waals surface area contributed by atoms with Crippen LogP contribution in [0.1, 0.15) is 6.92 Å². The average molecular weight is 712 g/mol. The molecule has 5 atom stereocenters. The molecule has 0 aromatic heterocycles. The summed E-state index contributed by atoms with van der Waals surface area (Å²) in [7, 11) is 0. The van der Waals surface area contributed by atoms with E-state index >= 15 is 0 Å². The molecule has 1 aliphatic heterocycles. The van der Waals surface area contributed by atoms with Gasteiger partial charge in [-0.2, -0.15) is 0 Å². The zero-order valence-electron chi connectivity index (χ0n) is 10.3. The zero-order chi connectivity index (χ0) is 9.30. The number of ether oxygens (including phenoxy) is 1. The fraction of sp³-hybridized carbons (Fsp3) is 1.00. The molecular weight excluding hydrogens is 698 g/mol. The predicted molar refractivity (Wildman–Crippen MR) is 39.1 cm³/mol. The molecule has 5 nitrogen and oxygen atoms in total. The summed E-state index contributed by atoms with van der Waals surface area (Å²) in [6.07, 6.45) is -4.36. The van der Waals surface area contributed by atoms with Crippen molar-refractivity contribution in [2.24, 2.45) is 5.92 Å². The van der Waals surface area contributed by atoms with Crippen LogP contribution in [0.25, 0.3) is 0 Å². The normalized spacial score (nSPS) is 32.8. The molecular formula is C7H14O5Y6. The van der Waals surface area contributed by atoms with Gasteiger partial charge in [0, 0.05) is 202 Å². The topological polar surface area (TPSA) is 90.2 Å². The summed E-state index contributed by atoms with van der Waals surface area (Å²) < 4.78 is 4.83. The van der Waals surface area contributed by atoms with E-state index in [1.54, 1.807) is 6.92 Å². The fourth-order valence-electron chi connectivity index (χ4n) is 1.29. The number of aliphatic hydroxyl groups excluding tert-OH is 4. The Kier molecular flexibility index (Phi) is 47.1. The van der Waals surface area contributed by atoms with E-state index in [-0.39, 0.29) is 209 Å². The van der Waals surface area contributed by atoms with Crippen LogP contribution in [-0.2, 0) is 201 Å². The van der Waals surface area contributed by atoms with Crippen molar-refractivity contribution in [2.75, 3.05) is 6.61 Å². The minimum absolute atomic E-state index is 0. The molecule has 0 aromatic rings. The van der Waals surface area contributed by atoms with Gasteiger partial charge in [0.05, 0.1) is 18.8 Å². The average Bonchev–Trinajstić information content (AvgIpc) is 2.08. The molecule has 0 saturated carbocycles. The second-order valence-electron chi connectivity index (χ2n) is 3.09. The van der Waals surface area contributed by atoms with Gasteiger partial charge in [0.15, 0.2) is 6.29 Å². The smallest absolute Gasteiger partial charge is 0.183 e. The molecule has 18 heavy (non-hydrogen) atoms.